The third-order valence-electron chi connectivity index (χ3n) is 2.89. The maximum Gasteiger partial charge on any atom is 0.0649 e. The first-order chi connectivity index (χ1) is 8.75. The van der Waals surface area contributed by atoms with E-state index in [9.17, 15) is 0 Å². The Bertz CT molecular complexity index is 172. The Labute approximate surface area is 120 Å². The van der Waals surface area contributed by atoms with E-state index < -0.39 is 0 Å². The predicted octanol–water partition coefficient (Wildman–Crippen LogP) is 3.59. The lowest BCUT2D eigenvalue weighted by Crippen LogP contribution is -2.28. The second kappa shape index (κ2) is 12.9. The molecule has 0 spiro atoms. The number of rotatable bonds is 9. The second-order valence-electron chi connectivity index (χ2n) is 6.59. The molecule has 0 fully saturated rings. The molecule has 0 radical (unpaired) electrons. The van der Waals surface area contributed by atoms with E-state index in [1.165, 1.54) is 19.3 Å². The Morgan fingerprint density at radius 1 is 1.05 bits per heavy atom. The van der Waals surface area contributed by atoms with Crippen LogP contribution >= 0.6 is 0 Å². The van der Waals surface area contributed by atoms with Crippen molar-refractivity contribution in [2.24, 2.45) is 17.6 Å². The summed E-state index contributed by atoms with van der Waals surface area (Å²) in [6.07, 6.45) is 4.87. The second-order valence-corrected chi connectivity index (χ2v) is 6.59. The lowest BCUT2D eigenvalue weighted by atomic mass is 10.0. The van der Waals surface area contributed by atoms with Gasteiger partial charge >= 0.3 is 0 Å². The molecule has 3 nitrogen and oxygen atoms in total. The van der Waals surface area contributed by atoms with Crippen LogP contribution in [0.2, 0.25) is 0 Å². The minimum atomic E-state index is -0.228. The molecule has 0 aromatic rings. The fourth-order valence-corrected chi connectivity index (χ4v) is 1.61. The highest BCUT2D eigenvalue weighted by atomic mass is 16.5. The summed E-state index contributed by atoms with van der Waals surface area (Å²) in [6, 6.07) is 0. The zero-order valence-electron chi connectivity index (χ0n) is 14.0. The van der Waals surface area contributed by atoms with E-state index in [0.29, 0.717) is 19.6 Å². The first-order valence-electron chi connectivity index (χ1n) is 7.70. The molecule has 0 amide bonds. The van der Waals surface area contributed by atoms with Crippen LogP contribution in [0.15, 0.2) is 0 Å². The average Bonchev–Trinajstić information content (AvgIpc) is 2.26. The van der Waals surface area contributed by atoms with Crippen LogP contribution in [0.25, 0.3) is 0 Å². The van der Waals surface area contributed by atoms with Gasteiger partial charge in [-0.05, 0) is 32.1 Å². The molecule has 0 aromatic carbocycles. The van der Waals surface area contributed by atoms with Crippen molar-refractivity contribution in [3.63, 3.8) is 0 Å². The number of aliphatic hydroxyl groups is 1. The average molecular weight is 275 g/mol. The molecule has 0 unspecified atom stereocenters. The minimum Gasteiger partial charge on any atom is -0.396 e. The highest BCUT2D eigenvalue weighted by Gasteiger charge is 2.16. The molecule has 0 saturated carbocycles. The Hall–Kier alpha value is -0.120. The van der Waals surface area contributed by atoms with Gasteiger partial charge < -0.3 is 15.6 Å². The fourth-order valence-electron chi connectivity index (χ4n) is 1.61. The monoisotopic (exact) mass is 275 g/mol. The normalized spacial score (nSPS) is 11.7. The van der Waals surface area contributed by atoms with Gasteiger partial charge in [0.15, 0.2) is 0 Å². The summed E-state index contributed by atoms with van der Waals surface area (Å²) in [6.45, 7) is 14.3. The van der Waals surface area contributed by atoms with Crippen LogP contribution in [0, 0.1) is 11.8 Å². The zero-order chi connectivity index (χ0) is 15.3. The molecule has 0 atom stereocenters. The molecular weight excluding hydrogens is 238 g/mol. The van der Waals surface area contributed by atoms with E-state index in [4.69, 9.17) is 15.6 Å². The van der Waals surface area contributed by atoms with E-state index in [1.807, 2.05) is 13.8 Å². The van der Waals surface area contributed by atoms with Crippen molar-refractivity contribution in [2.45, 2.75) is 72.8 Å². The van der Waals surface area contributed by atoms with Crippen LogP contribution in [-0.2, 0) is 4.74 Å². The van der Waals surface area contributed by atoms with E-state index in [0.717, 1.165) is 11.8 Å². The summed E-state index contributed by atoms with van der Waals surface area (Å²) in [5.74, 6) is 1.78. The largest absolute Gasteiger partial charge is 0.396 e. The number of aliphatic hydroxyl groups excluding tert-OH is 1. The topological polar surface area (TPSA) is 55.5 Å². The van der Waals surface area contributed by atoms with Crippen molar-refractivity contribution >= 4 is 0 Å². The fraction of sp³-hybridized carbons (Fsp3) is 1.00. The summed E-state index contributed by atoms with van der Waals surface area (Å²) in [5, 5.41) is 8.59. The molecular formula is C16H37NO2. The predicted molar refractivity (Wildman–Crippen MR) is 84.3 cm³/mol. The van der Waals surface area contributed by atoms with Crippen LogP contribution in [0.5, 0.6) is 0 Å². The van der Waals surface area contributed by atoms with Crippen molar-refractivity contribution in [1.29, 1.82) is 0 Å². The van der Waals surface area contributed by atoms with E-state index in [1.54, 1.807) is 0 Å². The van der Waals surface area contributed by atoms with Gasteiger partial charge in [0.05, 0.1) is 12.2 Å². The summed E-state index contributed by atoms with van der Waals surface area (Å²) >= 11 is 0. The quantitative estimate of drug-likeness (QED) is 0.676. The summed E-state index contributed by atoms with van der Waals surface area (Å²) < 4.78 is 5.33. The third kappa shape index (κ3) is 20.4. The van der Waals surface area contributed by atoms with Crippen molar-refractivity contribution in [3.8, 4) is 0 Å². The Morgan fingerprint density at radius 2 is 1.53 bits per heavy atom. The third-order valence-corrected chi connectivity index (χ3v) is 2.89. The highest BCUT2D eigenvalue weighted by Crippen LogP contribution is 2.12. The van der Waals surface area contributed by atoms with Crippen LogP contribution in [-0.4, -0.2) is 30.5 Å². The summed E-state index contributed by atoms with van der Waals surface area (Å²) in [7, 11) is 0. The van der Waals surface area contributed by atoms with Gasteiger partial charge in [0, 0.05) is 13.2 Å². The van der Waals surface area contributed by atoms with Crippen molar-refractivity contribution < 1.29 is 9.84 Å². The smallest absolute Gasteiger partial charge is 0.0649 e. The van der Waals surface area contributed by atoms with E-state index in [-0.39, 0.29) is 12.2 Å². The lowest BCUT2D eigenvalue weighted by Gasteiger charge is -2.23. The molecule has 0 heterocycles. The van der Waals surface area contributed by atoms with Gasteiger partial charge in [-0.3, -0.25) is 0 Å². The maximum atomic E-state index is 8.59. The standard InChI is InChI=1S/C9H20.C7H17NO2/c1-8(2)6-5-7-9(3)4;1-7(2,3-5-9)10-6-4-8/h8-9H,5-7H2,1-4H3;9H,3-6,8H2,1-2H3. The molecule has 0 saturated heterocycles. The van der Waals surface area contributed by atoms with Gasteiger partial charge in [-0.2, -0.15) is 0 Å². The van der Waals surface area contributed by atoms with Gasteiger partial charge in [0.2, 0.25) is 0 Å². The maximum absolute atomic E-state index is 8.59. The van der Waals surface area contributed by atoms with Gasteiger partial charge in [0.1, 0.15) is 0 Å². The van der Waals surface area contributed by atoms with Crippen molar-refractivity contribution in [2.75, 3.05) is 19.8 Å². The molecule has 0 aromatic heterocycles. The minimum absolute atomic E-state index is 0.164. The Balaban J connectivity index is 0. The molecule has 118 valence electrons. The highest BCUT2D eigenvalue weighted by molar-refractivity contribution is 4.67. The lowest BCUT2D eigenvalue weighted by molar-refractivity contribution is -0.0285. The van der Waals surface area contributed by atoms with Crippen molar-refractivity contribution in [1.82, 2.24) is 0 Å². The van der Waals surface area contributed by atoms with Crippen LogP contribution < -0.4 is 5.73 Å². The van der Waals surface area contributed by atoms with Gasteiger partial charge in [-0.15, -0.1) is 0 Å². The molecule has 0 rings (SSSR count). The van der Waals surface area contributed by atoms with Gasteiger partial charge in [0.25, 0.3) is 0 Å². The number of hydrogen-bond donors (Lipinski definition) is 2. The molecule has 3 heteroatoms. The van der Waals surface area contributed by atoms with Crippen molar-refractivity contribution in [3.05, 3.63) is 0 Å². The SMILES string of the molecule is CC(C)(CCO)OCCN.CC(C)CCCC(C)C. The van der Waals surface area contributed by atoms with E-state index in [2.05, 4.69) is 27.7 Å². The van der Waals surface area contributed by atoms with Crippen LogP contribution in [0.4, 0.5) is 0 Å². The number of ether oxygens (including phenoxy) is 1. The first-order valence-corrected chi connectivity index (χ1v) is 7.70. The molecule has 0 aliphatic rings. The summed E-state index contributed by atoms with van der Waals surface area (Å²) in [4.78, 5) is 0. The molecule has 3 N–H and O–H groups in total. The molecule has 0 bridgehead atoms. The van der Waals surface area contributed by atoms with Crippen LogP contribution in [0.3, 0.4) is 0 Å². The molecule has 0 aliphatic carbocycles. The Kier molecular flexibility index (Phi) is 14.4. The molecule has 19 heavy (non-hydrogen) atoms. The number of nitrogens with two attached hydrogens (primary N) is 1. The van der Waals surface area contributed by atoms with E-state index >= 15 is 0 Å². The van der Waals surface area contributed by atoms with Gasteiger partial charge in [-0.1, -0.05) is 47.0 Å². The van der Waals surface area contributed by atoms with Crippen LogP contribution in [0.1, 0.15) is 67.2 Å². The van der Waals surface area contributed by atoms with Gasteiger partial charge in [-0.25, -0.2) is 0 Å². The summed E-state index contributed by atoms with van der Waals surface area (Å²) in [5.41, 5.74) is 5.02. The zero-order valence-corrected chi connectivity index (χ0v) is 14.0. The first kappa shape index (κ1) is 21.2. The molecule has 0 aliphatic heterocycles. The Morgan fingerprint density at radius 3 is 1.84 bits per heavy atom. The number of hydrogen-bond acceptors (Lipinski definition) is 3.